The fourth-order valence-corrected chi connectivity index (χ4v) is 3.33. The van der Waals surface area contributed by atoms with E-state index in [0.717, 1.165) is 11.1 Å². The van der Waals surface area contributed by atoms with Gasteiger partial charge >= 0.3 is 11.9 Å². The molecule has 0 unspecified atom stereocenters. The minimum Gasteiger partial charge on any atom is -0.457 e. The van der Waals surface area contributed by atoms with E-state index < -0.39 is 23.6 Å². The topological polar surface area (TPSA) is 52.6 Å². The van der Waals surface area contributed by atoms with E-state index in [9.17, 15) is 14.0 Å². The number of hydrogen-bond acceptors (Lipinski definition) is 4. The molecule has 0 spiro atoms. The van der Waals surface area contributed by atoms with Gasteiger partial charge < -0.3 is 9.47 Å². The van der Waals surface area contributed by atoms with Crippen LogP contribution in [0.15, 0.2) is 48.5 Å². The Morgan fingerprint density at radius 2 is 1.71 bits per heavy atom. The van der Waals surface area contributed by atoms with Crippen LogP contribution in [0.1, 0.15) is 43.1 Å². The number of halogens is 1. The third-order valence-corrected chi connectivity index (χ3v) is 4.15. The van der Waals surface area contributed by atoms with Crippen LogP contribution in [0.4, 0.5) is 4.39 Å². The Balaban J connectivity index is 2.17. The number of benzene rings is 2. The van der Waals surface area contributed by atoms with Gasteiger partial charge in [0.15, 0.2) is 5.60 Å². The average molecular weight is 328 g/mol. The van der Waals surface area contributed by atoms with Gasteiger partial charge in [-0.05, 0) is 12.1 Å². The second-order valence-corrected chi connectivity index (χ2v) is 5.82. The van der Waals surface area contributed by atoms with Gasteiger partial charge in [-0.1, -0.05) is 36.4 Å². The second kappa shape index (κ2) is 6.07. The van der Waals surface area contributed by atoms with E-state index in [1.54, 1.807) is 12.1 Å². The number of carbonyl (C=O) groups excluding carboxylic acids is 2. The number of esters is 2. The zero-order chi connectivity index (χ0) is 17.3. The lowest BCUT2D eigenvalue weighted by Gasteiger charge is -2.30. The van der Waals surface area contributed by atoms with Crippen molar-refractivity contribution in [2.45, 2.75) is 32.0 Å². The summed E-state index contributed by atoms with van der Waals surface area (Å²) < 4.78 is 24.5. The first-order valence-electron chi connectivity index (χ1n) is 7.64. The van der Waals surface area contributed by atoms with Gasteiger partial charge in [0.25, 0.3) is 0 Å². The molecule has 1 aliphatic rings. The molecule has 0 heterocycles. The van der Waals surface area contributed by atoms with E-state index in [1.807, 2.05) is 24.3 Å². The van der Waals surface area contributed by atoms with Crippen LogP contribution in [0.2, 0.25) is 0 Å². The largest absolute Gasteiger partial charge is 0.457 e. The fourth-order valence-electron chi connectivity index (χ4n) is 3.33. The molecular weight excluding hydrogens is 311 g/mol. The highest BCUT2D eigenvalue weighted by molar-refractivity contribution is 5.69. The predicted octanol–water partition coefficient (Wildman–Crippen LogP) is 3.64. The molecule has 1 aliphatic carbocycles. The van der Waals surface area contributed by atoms with Crippen molar-refractivity contribution in [1.29, 1.82) is 0 Å². The first-order valence-corrected chi connectivity index (χ1v) is 7.64. The van der Waals surface area contributed by atoms with Crippen molar-refractivity contribution in [3.05, 3.63) is 71.0 Å². The summed E-state index contributed by atoms with van der Waals surface area (Å²) in [5, 5.41) is 0. The average Bonchev–Trinajstić information content (AvgIpc) is 2.82. The summed E-state index contributed by atoms with van der Waals surface area (Å²) in [4.78, 5) is 23.2. The fraction of sp³-hybridized carbons (Fsp3) is 0.263. The smallest absolute Gasteiger partial charge is 0.303 e. The number of fused-ring (bicyclic) bond motifs is 1. The Morgan fingerprint density at radius 1 is 1.04 bits per heavy atom. The second-order valence-electron chi connectivity index (χ2n) is 5.82. The van der Waals surface area contributed by atoms with E-state index in [4.69, 9.17) is 9.47 Å². The molecule has 3 rings (SSSR count). The van der Waals surface area contributed by atoms with Crippen LogP contribution in [-0.2, 0) is 24.7 Å². The maximum absolute atomic E-state index is 13.3. The Hall–Kier alpha value is -2.69. The van der Waals surface area contributed by atoms with Gasteiger partial charge in [-0.15, -0.1) is 0 Å². The molecule has 2 atom stereocenters. The quantitative estimate of drug-likeness (QED) is 0.807. The van der Waals surface area contributed by atoms with E-state index in [1.165, 1.54) is 26.0 Å². The van der Waals surface area contributed by atoms with E-state index in [2.05, 4.69) is 0 Å². The summed E-state index contributed by atoms with van der Waals surface area (Å²) in [6, 6.07) is 13.2. The number of carbonyl (C=O) groups is 2. The summed E-state index contributed by atoms with van der Waals surface area (Å²) in [7, 11) is 0. The number of rotatable bonds is 3. The van der Waals surface area contributed by atoms with E-state index in [-0.39, 0.29) is 12.2 Å². The highest BCUT2D eigenvalue weighted by Gasteiger charge is 2.49. The monoisotopic (exact) mass is 328 g/mol. The van der Waals surface area contributed by atoms with Crippen molar-refractivity contribution in [2.75, 3.05) is 0 Å². The lowest BCUT2D eigenvalue weighted by atomic mass is 9.87. The maximum atomic E-state index is 13.3. The zero-order valence-corrected chi connectivity index (χ0v) is 13.4. The van der Waals surface area contributed by atoms with Crippen LogP contribution >= 0.6 is 0 Å². The van der Waals surface area contributed by atoms with Crippen molar-refractivity contribution < 1.29 is 23.5 Å². The minimum atomic E-state index is -1.10. The molecule has 0 fully saturated rings. The summed E-state index contributed by atoms with van der Waals surface area (Å²) in [5.74, 6) is -1.25. The van der Waals surface area contributed by atoms with Gasteiger partial charge in [-0.3, -0.25) is 9.59 Å². The van der Waals surface area contributed by atoms with Gasteiger partial charge in [-0.25, -0.2) is 4.39 Å². The Kier molecular flexibility index (Phi) is 4.09. The Morgan fingerprint density at radius 3 is 2.33 bits per heavy atom. The highest BCUT2D eigenvalue weighted by atomic mass is 19.1. The van der Waals surface area contributed by atoms with Crippen molar-refractivity contribution in [3.63, 3.8) is 0 Å². The van der Waals surface area contributed by atoms with Crippen LogP contribution in [0.5, 0.6) is 0 Å². The third-order valence-electron chi connectivity index (χ3n) is 4.15. The van der Waals surface area contributed by atoms with Crippen molar-refractivity contribution in [1.82, 2.24) is 0 Å². The molecular formula is C19H17FO4. The molecule has 2 aromatic carbocycles. The zero-order valence-electron chi connectivity index (χ0n) is 13.4. The molecule has 0 radical (unpaired) electrons. The Bertz CT molecular complexity index is 784. The molecule has 0 aliphatic heterocycles. The third kappa shape index (κ3) is 2.77. The molecule has 0 N–H and O–H groups in total. The first kappa shape index (κ1) is 16.2. The first-order chi connectivity index (χ1) is 11.4. The molecule has 2 aromatic rings. The lowest BCUT2D eigenvalue weighted by Crippen LogP contribution is -2.31. The van der Waals surface area contributed by atoms with Crippen LogP contribution in [0, 0.1) is 5.82 Å². The molecule has 0 saturated heterocycles. The van der Waals surface area contributed by atoms with Crippen molar-refractivity contribution in [2.24, 2.45) is 0 Å². The molecule has 0 saturated carbocycles. The lowest BCUT2D eigenvalue weighted by molar-refractivity contribution is -0.158. The SMILES string of the molecule is CC(=O)O[C@@H]1C[C@@](OC(C)=O)(c2ccc(F)cc2)c2ccccc21. The standard InChI is InChI=1S/C19H17FO4/c1-12(21)23-18-11-19(24-13(2)22,14-7-9-15(20)10-8-14)17-6-4-3-5-16(17)18/h3-10,18H,11H2,1-2H3/t18-,19-/m1/s1. The summed E-state index contributed by atoms with van der Waals surface area (Å²) in [6.45, 7) is 2.67. The summed E-state index contributed by atoms with van der Waals surface area (Å²) in [5.41, 5.74) is 1.08. The van der Waals surface area contributed by atoms with Crippen LogP contribution in [0.3, 0.4) is 0 Å². The molecule has 5 heteroatoms. The predicted molar refractivity (Wildman–Crippen MR) is 84.5 cm³/mol. The molecule has 4 nitrogen and oxygen atoms in total. The number of hydrogen-bond donors (Lipinski definition) is 0. The van der Waals surface area contributed by atoms with Crippen LogP contribution in [-0.4, -0.2) is 11.9 Å². The van der Waals surface area contributed by atoms with Gasteiger partial charge in [-0.2, -0.15) is 0 Å². The van der Waals surface area contributed by atoms with Gasteiger partial charge in [0.1, 0.15) is 11.9 Å². The maximum Gasteiger partial charge on any atom is 0.303 e. The van der Waals surface area contributed by atoms with Gasteiger partial charge in [0, 0.05) is 37.0 Å². The molecule has 24 heavy (non-hydrogen) atoms. The Labute approximate surface area is 139 Å². The van der Waals surface area contributed by atoms with E-state index >= 15 is 0 Å². The minimum absolute atomic E-state index is 0.261. The van der Waals surface area contributed by atoms with Crippen LogP contribution < -0.4 is 0 Å². The number of ether oxygens (including phenoxy) is 2. The highest BCUT2D eigenvalue weighted by Crippen LogP contribution is 2.51. The summed E-state index contributed by atoms with van der Waals surface area (Å²) >= 11 is 0. The molecule has 0 amide bonds. The normalized spacial score (nSPS) is 21.9. The van der Waals surface area contributed by atoms with E-state index in [0.29, 0.717) is 5.56 Å². The molecule has 0 bridgehead atoms. The van der Waals surface area contributed by atoms with Crippen molar-refractivity contribution in [3.8, 4) is 0 Å². The molecule has 0 aromatic heterocycles. The van der Waals surface area contributed by atoms with Crippen molar-refractivity contribution >= 4 is 11.9 Å². The van der Waals surface area contributed by atoms with Gasteiger partial charge in [0.05, 0.1) is 0 Å². The molecule has 124 valence electrons. The van der Waals surface area contributed by atoms with Crippen LogP contribution in [0.25, 0.3) is 0 Å². The van der Waals surface area contributed by atoms with Gasteiger partial charge in [0.2, 0.25) is 0 Å². The summed E-state index contributed by atoms with van der Waals surface area (Å²) in [6.07, 6.45) is -0.264.